The number of aromatic carboxylic acids is 2. The standard InChI is InChI=1S/C20H16N2O4/c21-17-13(6-2-8-15(17)19(23)24)11-4-1-5-12(10-11)14-7-3-9-16(18(14)22)20(25)26/h1-10H,21-22H2,(H,23,24)(H,25,26). The first-order chi connectivity index (χ1) is 12.4. The summed E-state index contributed by atoms with van der Waals surface area (Å²) < 4.78 is 0. The van der Waals surface area contributed by atoms with Gasteiger partial charge in [-0.2, -0.15) is 0 Å². The number of nitrogens with two attached hydrogens (primary N) is 2. The van der Waals surface area contributed by atoms with Crippen LogP contribution in [0.1, 0.15) is 20.7 Å². The molecule has 0 unspecified atom stereocenters. The molecule has 3 aromatic rings. The van der Waals surface area contributed by atoms with Gasteiger partial charge >= 0.3 is 11.9 Å². The molecular weight excluding hydrogens is 332 g/mol. The van der Waals surface area contributed by atoms with Crippen LogP contribution in [-0.2, 0) is 0 Å². The Hall–Kier alpha value is -3.80. The van der Waals surface area contributed by atoms with Gasteiger partial charge in [0.15, 0.2) is 0 Å². The molecule has 6 N–H and O–H groups in total. The lowest BCUT2D eigenvalue weighted by Crippen LogP contribution is -2.04. The molecule has 0 saturated heterocycles. The average Bonchev–Trinajstić information content (AvgIpc) is 2.61. The smallest absolute Gasteiger partial charge is 0.337 e. The highest BCUT2D eigenvalue weighted by Gasteiger charge is 2.15. The van der Waals surface area contributed by atoms with Crippen molar-refractivity contribution in [3.05, 3.63) is 71.8 Å². The maximum absolute atomic E-state index is 11.3. The number of benzene rings is 3. The maximum Gasteiger partial charge on any atom is 0.337 e. The minimum absolute atomic E-state index is 0.0280. The van der Waals surface area contributed by atoms with Crippen molar-refractivity contribution in [3.63, 3.8) is 0 Å². The summed E-state index contributed by atoms with van der Waals surface area (Å²) in [5.74, 6) is -2.20. The second kappa shape index (κ2) is 6.60. The van der Waals surface area contributed by atoms with Crippen LogP contribution < -0.4 is 11.5 Å². The van der Waals surface area contributed by atoms with Crippen LogP contribution in [0.4, 0.5) is 11.4 Å². The molecule has 0 saturated carbocycles. The van der Waals surface area contributed by atoms with Gasteiger partial charge in [0.2, 0.25) is 0 Å². The van der Waals surface area contributed by atoms with Crippen LogP contribution in [0, 0.1) is 0 Å². The first-order valence-corrected chi connectivity index (χ1v) is 7.74. The van der Waals surface area contributed by atoms with Gasteiger partial charge in [-0.1, -0.05) is 42.5 Å². The molecule has 0 atom stereocenters. The van der Waals surface area contributed by atoms with E-state index in [9.17, 15) is 19.8 Å². The van der Waals surface area contributed by atoms with Crippen molar-refractivity contribution in [2.75, 3.05) is 11.5 Å². The fourth-order valence-corrected chi connectivity index (χ4v) is 2.86. The van der Waals surface area contributed by atoms with Gasteiger partial charge in [-0.3, -0.25) is 0 Å². The lowest BCUT2D eigenvalue weighted by molar-refractivity contribution is 0.0687. The minimum Gasteiger partial charge on any atom is -0.478 e. The van der Waals surface area contributed by atoms with Gasteiger partial charge in [-0.15, -0.1) is 0 Å². The maximum atomic E-state index is 11.3. The summed E-state index contributed by atoms with van der Waals surface area (Å²) in [6.45, 7) is 0. The van der Waals surface area contributed by atoms with Crippen LogP contribution in [-0.4, -0.2) is 22.2 Å². The predicted octanol–water partition coefficient (Wildman–Crippen LogP) is 3.58. The number of carboxylic acids is 2. The molecule has 0 aliphatic rings. The Balaban J connectivity index is 2.14. The summed E-state index contributed by atoms with van der Waals surface area (Å²) in [5, 5.41) is 18.5. The number of carboxylic acid groups (broad SMARTS) is 2. The molecule has 0 heterocycles. The first kappa shape index (κ1) is 17.0. The normalized spacial score (nSPS) is 10.5. The third-order valence-electron chi connectivity index (χ3n) is 4.16. The largest absolute Gasteiger partial charge is 0.478 e. The van der Waals surface area contributed by atoms with E-state index in [0.29, 0.717) is 22.3 Å². The SMILES string of the molecule is Nc1c(C(=O)O)cccc1-c1cccc(-c2cccc(C(=O)O)c2N)c1. The number of hydrogen-bond donors (Lipinski definition) is 4. The highest BCUT2D eigenvalue weighted by atomic mass is 16.4. The zero-order valence-electron chi connectivity index (χ0n) is 13.6. The van der Waals surface area contributed by atoms with Crippen LogP contribution in [0.3, 0.4) is 0 Å². The van der Waals surface area contributed by atoms with Gasteiger partial charge in [-0.05, 0) is 29.3 Å². The fraction of sp³-hybridized carbons (Fsp3) is 0. The minimum atomic E-state index is -1.10. The van der Waals surface area contributed by atoms with Crippen LogP contribution in [0.15, 0.2) is 60.7 Å². The Morgan fingerprint density at radius 3 is 1.42 bits per heavy atom. The fourth-order valence-electron chi connectivity index (χ4n) is 2.86. The Labute approximate surface area is 149 Å². The Morgan fingerprint density at radius 2 is 1.04 bits per heavy atom. The zero-order valence-corrected chi connectivity index (χ0v) is 13.6. The molecule has 0 aliphatic carbocycles. The van der Waals surface area contributed by atoms with E-state index in [4.69, 9.17) is 11.5 Å². The topological polar surface area (TPSA) is 127 Å². The van der Waals surface area contributed by atoms with E-state index in [1.807, 2.05) is 0 Å². The van der Waals surface area contributed by atoms with Crippen LogP contribution in [0.2, 0.25) is 0 Å². The molecule has 6 heteroatoms. The second-order valence-corrected chi connectivity index (χ2v) is 5.72. The van der Waals surface area contributed by atoms with Gasteiger partial charge in [0.1, 0.15) is 0 Å². The quantitative estimate of drug-likeness (QED) is 0.534. The molecule has 0 spiro atoms. The number of anilines is 2. The third kappa shape index (κ3) is 2.95. The van der Waals surface area contributed by atoms with Gasteiger partial charge in [-0.25, -0.2) is 9.59 Å². The molecule has 26 heavy (non-hydrogen) atoms. The van der Waals surface area contributed by atoms with E-state index in [0.717, 1.165) is 0 Å². The molecule has 130 valence electrons. The molecule has 0 amide bonds. The summed E-state index contributed by atoms with van der Waals surface area (Å²) in [6, 6.07) is 16.8. The van der Waals surface area contributed by atoms with Gasteiger partial charge < -0.3 is 21.7 Å². The van der Waals surface area contributed by atoms with E-state index in [2.05, 4.69) is 0 Å². The van der Waals surface area contributed by atoms with Crippen molar-refractivity contribution < 1.29 is 19.8 Å². The van der Waals surface area contributed by atoms with Gasteiger partial charge in [0.25, 0.3) is 0 Å². The highest BCUT2D eigenvalue weighted by molar-refractivity contribution is 6.00. The number of hydrogen-bond acceptors (Lipinski definition) is 4. The van der Waals surface area contributed by atoms with E-state index in [1.54, 1.807) is 48.5 Å². The summed E-state index contributed by atoms with van der Waals surface area (Å²) in [7, 11) is 0. The Morgan fingerprint density at radius 1 is 0.654 bits per heavy atom. The molecule has 6 nitrogen and oxygen atoms in total. The first-order valence-electron chi connectivity index (χ1n) is 7.74. The summed E-state index contributed by atoms with van der Waals surface area (Å²) in [5.41, 5.74) is 15.0. The molecule has 0 radical (unpaired) electrons. The molecular formula is C20H16N2O4. The van der Waals surface area contributed by atoms with Crippen molar-refractivity contribution in [1.82, 2.24) is 0 Å². The Bertz CT molecular complexity index is 949. The lowest BCUT2D eigenvalue weighted by atomic mass is 9.95. The van der Waals surface area contributed by atoms with E-state index >= 15 is 0 Å². The Kier molecular flexibility index (Phi) is 4.33. The number of carbonyl (C=O) groups is 2. The summed E-state index contributed by atoms with van der Waals surface area (Å²) >= 11 is 0. The molecule has 0 aromatic heterocycles. The molecule has 3 aromatic carbocycles. The zero-order chi connectivity index (χ0) is 18.8. The van der Waals surface area contributed by atoms with E-state index < -0.39 is 11.9 Å². The van der Waals surface area contributed by atoms with Crippen molar-refractivity contribution in [1.29, 1.82) is 0 Å². The molecule has 0 aliphatic heterocycles. The molecule has 3 rings (SSSR count). The van der Waals surface area contributed by atoms with Crippen molar-refractivity contribution in [2.45, 2.75) is 0 Å². The van der Waals surface area contributed by atoms with Crippen molar-refractivity contribution in [3.8, 4) is 22.3 Å². The summed E-state index contributed by atoms with van der Waals surface area (Å²) in [4.78, 5) is 22.6. The third-order valence-corrected chi connectivity index (χ3v) is 4.16. The summed E-state index contributed by atoms with van der Waals surface area (Å²) in [6.07, 6.45) is 0. The second-order valence-electron chi connectivity index (χ2n) is 5.72. The number of nitrogen functional groups attached to an aromatic ring is 2. The van der Waals surface area contributed by atoms with Crippen molar-refractivity contribution in [2.24, 2.45) is 0 Å². The van der Waals surface area contributed by atoms with Crippen molar-refractivity contribution >= 4 is 23.3 Å². The lowest BCUT2D eigenvalue weighted by Gasteiger charge is -2.12. The monoisotopic (exact) mass is 348 g/mol. The average molecular weight is 348 g/mol. The van der Waals surface area contributed by atoms with E-state index in [1.165, 1.54) is 12.1 Å². The highest BCUT2D eigenvalue weighted by Crippen LogP contribution is 2.34. The number of para-hydroxylation sites is 2. The van der Waals surface area contributed by atoms with E-state index in [-0.39, 0.29) is 22.5 Å². The number of rotatable bonds is 4. The van der Waals surface area contributed by atoms with Crippen LogP contribution >= 0.6 is 0 Å². The molecule has 0 bridgehead atoms. The van der Waals surface area contributed by atoms with Gasteiger partial charge in [0, 0.05) is 11.1 Å². The molecule has 0 fully saturated rings. The van der Waals surface area contributed by atoms with Gasteiger partial charge in [0.05, 0.1) is 22.5 Å². The van der Waals surface area contributed by atoms with Crippen LogP contribution in [0.5, 0.6) is 0 Å². The predicted molar refractivity (Wildman–Crippen MR) is 100 cm³/mol. The van der Waals surface area contributed by atoms with Crippen LogP contribution in [0.25, 0.3) is 22.3 Å².